The molecule has 0 spiro atoms. The second-order valence-electron chi connectivity index (χ2n) is 11.6. The summed E-state index contributed by atoms with van der Waals surface area (Å²) in [5.74, 6) is -1.02. The Balaban J connectivity index is 1.31. The summed E-state index contributed by atoms with van der Waals surface area (Å²) in [6.45, 7) is 5.77. The number of halogens is 1. The lowest BCUT2D eigenvalue weighted by atomic mass is 9.70. The van der Waals surface area contributed by atoms with Gasteiger partial charge in [0, 0.05) is 5.41 Å². The average molecular weight is 640 g/mol. The zero-order valence-corrected chi connectivity index (χ0v) is 24.9. The summed E-state index contributed by atoms with van der Waals surface area (Å²) in [7, 11) is -9.59. The lowest BCUT2D eigenvalue weighted by molar-refractivity contribution is -0.0483. The number of carbonyl (C=O) groups is 1. The van der Waals surface area contributed by atoms with Crippen LogP contribution in [0.15, 0.2) is 6.33 Å². The molecule has 19 heteroatoms. The van der Waals surface area contributed by atoms with Crippen LogP contribution in [0, 0.1) is 16.7 Å². The van der Waals surface area contributed by atoms with E-state index in [1.165, 1.54) is 10.9 Å². The van der Waals surface area contributed by atoms with Crippen molar-refractivity contribution in [2.75, 3.05) is 17.8 Å². The van der Waals surface area contributed by atoms with Crippen molar-refractivity contribution in [2.45, 2.75) is 70.7 Å². The van der Waals surface area contributed by atoms with E-state index in [4.69, 9.17) is 35.4 Å². The number of fused-ring (bicyclic) bond motifs is 3. The highest BCUT2D eigenvalue weighted by atomic mass is 35.5. The zero-order valence-electron chi connectivity index (χ0n) is 22.3. The van der Waals surface area contributed by atoms with Crippen LogP contribution in [-0.4, -0.2) is 87.4 Å². The minimum Gasteiger partial charge on any atom is -0.445 e. The maximum Gasteiger partial charge on any atom is 0.413 e. The van der Waals surface area contributed by atoms with E-state index in [2.05, 4.69) is 41.0 Å². The van der Waals surface area contributed by atoms with Gasteiger partial charge in [0.1, 0.15) is 24.4 Å². The van der Waals surface area contributed by atoms with Crippen LogP contribution in [0.1, 0.15) is 46.3 Å². The van der Waals surface area contributed by atoms with E-state index in [1.54, 1.807) is 0 Å². The quantitative estimate of drug-likeness (QED) is 0.179. The number of aliphatic hydroxyl groups is 2. The lowest BCUT2D eigenvalue weighted by Crippen LogP contribution is -2.39. The highest BCUT2D eigenvalue weighted by Crippen LogP contribution is 2.66. The van der Waals surface area contributed by atoms with Gasteiger partial charge in [0.05, 0.1) is 12.9 Å². The van der Waals surface area contributed by atoms with Crippen molar-refractivity contribution in [1.29, 1.82) is 0 Å². The molecule has 5 rings (SSSR count). The van der Waals surface area contributed by atoms with E-state index >= 15 is 0 Å². The molecule has 41 heavy (non-hydrogen) atoms. The van der Waals surface area contributed by atoms with Gasteiger partial charge in [-0.3, -0.25) is 19.0 Å². The minimum atomic E-state index is -4.86. The van der Waals surface area contributed by atoms with E-state index in [9.17, 15) is 29.0 Å². The average Bonchev–Trinajstić information content (AvgIpc) is 3.49. The summed E-state index contributed by atoms with van der Waals surface area (Å²) in [6, 6.07) is 0. The molecular formula is C22H32ClN5O11P2. The maximum absolute atomic E-state index is 12.9. The Hall–Kier alpha value is -1.71. The third-order valence-corrected chi connectivity index (χ3v) is 12.6. The predicted molar refractivity (Wildman–Crippen MR) is 142 cm³/mol. The predicted octanol–water partition coefficient (Wildman–Crippen LogP) is 2.20. The molecule has 2 saturated carbocycles. The second-order valence-corrected chi connectivity index (χ2v) is 15.9. The Morgan fingerprint density at radius 3 is 2.54 bits per heavy atom. The topological polar surface area (TPSA) is 236 Å². The van der Waals surface area contributed by atoms with Gasteiger partial charge in [-0.25, -0.2) is 9.78 Å². The Morgan fingerprint density at radius 1 is 1.22 bits per heavy atom. The Kier molecular flexibility index (Phi) is 7.85. The summed E-state index contributed by atoms with van der Waals surface area (Å²) in [5.41, 5.74) is -0.0184. The molecule has 2 aliphatic carbocycles. The first-order valence-electron chi connectivity index (χ1n) is 12.8. The number of anilines is 1. The van der Waals surface area contributed by atoms with Gasteiger partial charge < -0.3 is 38.9 Å². The van der Waals surface area contributed by atoms with Gasteiger partial charge in [0.2, 0.25) is 5.28 Å². The molecule has 16 nitrogen and oxygen atoms in total. The molecule has 2 aromatic heterocycles. The largest absolute Gasteiger partial charge is 0.445 e. The summed E-state index contributed by atoms with van der Waals surface area (Å²) >= 11 is 6.12. The first-order chi connectivity index (χ1) is 18.9. The van der Waals surface area contributed by atoms with Crippen molar-refractivity contribution in [2.24, 2.45) is 16.7 Å². The third-order valence-electron chi connectivity index (χ3n) is 8.99. The van der Waals surface area contributed by atoms with Crippen molar-refractivity contribution in [3.05, 3.63) is 11.6 Å². The summed E-state index contributed by atoms with van der Waals surface area (Å²) in [5, 5.41) is 23.4. The third kappa shape index (κ3) is 5.67. The van der Waals surface area contributed by atoms with Crippen LogP contribution in [0.4, 0.5) is 10.6 Å². The Labute approximate surface area is 239 Å². The molecule has 3 heterocycles. The number of hydrogen-bond acceptors (Lipinski definition) is 11. The maximum atomic E-state index is 12.9. The molecule has 1 aliphatic heterocycles. The van der Waals surface area contributed by atoms with E-state index in [1.807, 2.05) is 0 Å². The molecule has 2 unspecified atom stereocenters. The SMILES string of the molecule is CC1(C)[C@@H]2CC[C@@]1(C)C(OC(=O)Nc1nc(Cl)nc3c1ncn3[C@@H]1O[C@H](COP(=O)(O)CP(=O)(O)O)[C@H](O)[C@@H]1O)C2. The Morgan fingerprint density at radius 2 is 1.93 bits per heavy atom. The van der Waals surface area contributed by atoms with Crippen LogP contribution >= 0.6 is 26.8 Å². The fourth-order valence-corrected chi connectivity index (χ4v) is 9.02. The second kappa shape index (κ2) is 10.5. The minimum absolute atomic E-state index is 0.0282. The van der Waals surface area contributed by atoms with Crippen LogP contribution < -0.4 is 5.32 Å². The van der Waals surface area contributed by atoms with Gasteiger partial charge in [-0.15, -0.1) is 0 Å². The molecule has 228 valence electrons. The molecule has 2 aromatic rings. The number of carbonyl (C=O) groups excluding carboxylic acids is 1. The van der Waals surface area contributed by atoms with Crippen molar-refractivity contribution in [3.63, 3.8) is 0 Å². The van der Waals surface area contributed by atoms with Crippen LogP contribution in [0.5, 0.6) is 0 Å². The number of imidazole rings is 1. The van der Waals surface area contributed by atoms with Crippen LogP contribution in [0.3, 0.4) is 0 Å². The van der Waals surface area contributed by atoms with Crippen molar-refractivity contribution < 1.29 is 52.8 Å². The first kappa shape index (κ1) is 30.7. The number of ether oxygens (including phenoxy) is 2. The van der Waals surface area contributed by atoms with Gasteiger partial charge in [0.25, 0.3) is 0 Å². The molecule has 0 aromatic carbocycles. The van der Waals surface area contributed by atoms with E-state index < -0.39 is 58.3 Å². The van der Waals surface area contributed by atoms with Crippen LogP contribution in [0.2, 0.25) is 5.28 Å². The molecule has 1 saturated heterocycles. The summed E-state index contributed by atoms with van der Waals surface area (Å²) in [4.78, 5) is 52.9. The first-order valence-corrected chi connectivity index (χ1v) is 16.8. The standard InChI is InChI=1S/C22H32ClN5O11P2/c1-21(2)10-4-5-22(21,3)12(6-10)39-20(31)26-16-13-17(27-19(23)25-16)28(8-24-13)18-15(30)14(29)11(38-18)7-37-41(35,36)9-40(32,33)34/h8,10-12,14-15,18,29-30H,4-7,9H2,1-3H3,(H,35,36)(H2,32,33,34)(H,25,26,27,31)/t10-,11-,12?,14+,15+,18-,22+/m1/s1. The number of nitrogens with one attached hydrogen (secondary N) is 1. The van der Waals surface area contributed by atoms with Crippen molar-refractivity contribution in [3.8, 4) is 0 Å². The summed E-state index contributed by atoms with van der Waals surface area (Å²) in [6.07, 6.45) is -2.90. The van der Waals surface area contributed by atoms with E-state index in [-0.39, 0.29) is 39.2 Å². The Bertz CT molecular complexity index is 1450. The number of hydrogen-bond donors (Lipinski definition) is 6. The van der Waals surface area contributed by atoms with E-state index in [0.29, 0.717) is 5.92 Å². The molecule has 8 atom stereocenters. The fourth-order valence-electron chi connectivity index (χ4n) is 6.29. The van der Waals surface area contributed by atoms with Gasteiger partial charge in [0.15, 0.2) is 29.1 Å². The smallest absolute Gasteiger partial charge is 0.413 e. The van der Waals surface area contributed by atoms with Crippen molar-refractivity contribution >= 4 is 49.9 Å². The van der Waals surface area contributed by atoms with Crippen molar-refractivity contribution in [1.82, 2.24) is 19.5 Å². The normalized spacial score (nSPS) is 34.2. The fraction of sp³-hybridized carbons (Fsp3) is 0.727. The van der Waals surface area contributed by atoms with Gasteiger partial charge in [-0.05, 0) is 42.2 Å². The number of aliphatic hydroxyl groups excluding tert-OH is 2. The number of nitrogens with zero attached hydrogens (tertiary/aromatic N) is 4. The number of aromatic nitrogens is 4. The molecular weight excluding hydrogens is 608 g/mol. The van der Waals surface area contributed by atoms with Gasteiger partial charge >= 0.3 is 21.3 Å². The zero-order chi connectivity index (χ0) is 30.1. The monoisotopic (exact) mass is 639 g/mol. The lowest BCUT2D eigenvalue weighted by Gasteiger charge is -2.38. The molecule has 2 bridgehead atoms. The van der Waals surface area contributed by atoms with Gasteiger partial charge in [-0.2, -0.15) is 9.97 Å². The highest BCUT2D eigenvalue weighted by Gasteiger charge is 2.63. The molecule has 1 amide bonds. The van der Waals surface area contributed by atoms with Crippen LogP contribution in [-0.2, 0) is 23.1 Å². The van der Waals surface area contributed by atoms with Crippen LogP contribution in [0.25, 0.3) is 11.2 Å². The summed E-state index contributed by atoms with van der Waals surface area (Å²) < 4.78 is 40.4. The molecule has 6 N–H and O–H groups in total. The number of rotatable bonds is 8. The highest BCUT2D eigenvalue weighted by molar-refractivity contribution is 7.70. The molecule has 0 radical (unpaired) electrons. The molecule has 3 fully saturated rings. The van der Waals surface area contributed by atoms with Gasteiger partial charge in [-0.1, -0.05) is 20.8 Å². The number of amides is 1. The van der Waals surface area contributed by atoms with E-state index in [0.717, 1.165) is 19.3 Å². The molecule has 3 aliphatic rings.